The first-order chi connectivity index (χ1) is 6.14. The molecule has 2 nitrogen and oxygen atoms in total. The number of halogens is 2. The molecule has 0 spiro atoms. The zero-order valence-electron chi connectivity index (χ0n) is 9.27. The lowest BCUT2D eigenvalue weighted by atomic mass is 9.86. The molecule has 1 heterocycles. The highest BCUT2D eigenvalue weighted by atomic mass is 79.9. The minimum atomic E-state index is -0.224. The molecule has 0 aliphatic carbocycles. The average molecular weight is 283 g/mol. The van der Waals surface area contributed by atoms with Crippen LogP contribution in [0.1, 0.15) is 34.6 Å². The zero-order valence-corrected chi connectivity index (χ0v) is 11.6. The van der Waals surface area contributed by atoms with Gasteiger partial charge in [0.05, 0.1) is 11.1 Å². The van der Waals surface area contributed by atoms with Gasteiger partial charge in [-0.1, -0.05) is 48.3 Å². The molecule has 82 valence electrons. The lowest BCUT2D eigenvalue weighted by Gasteiger charge is -2.39. The van der Waals surface area contributed by atoms with Gasteiger partial charge in [-0.25, -0.2) is 0 Å². The molecule has 1 rings (SSSR count). The zero-order chi connectivity index (χ0) is 11.1. The summed E-state index contributed by atoms with van der Waals surface area (Å²) in [5.74, 6) is 0. The Hall–Kier alpha value is 0.270. The van der Waals surface area contributed by atoms with Crippen molar-refractivity contribution >= 4 is 27.5 Å². The molecular formula is C10H17BrClNO. The van der Waals surface area contributed by atoms with E-state index in [9.17, 15) is 0 Å². The van der Waals surface area contributed by atoms with Crippen molar-refractivity contribution in [1.29, 1.82) is 0 Å². The largest absolute Gasteiger partial charge is 0.411 e. The fourth-order valence-electron chi connectivity index (χ4n) is 1.54. The minimum Gasteiger partial charge on any atom is -0.411 e. The number of nitrogens with zero attached hydrogens (tertiary/aromatic N) is 1. The predicted molar refractivity (Wildman–Crippen MR) is 63.1 cm³/mol. The van der Waals surface area contributed by atoms with Crippen molar-refractivity contribution in [3.63, 3.8) is 0 Å². The van der Waals surface area contributed by atoms with Crippen LogP contribution in [0.5, 0.6) is 0 Å². The van der Waals surface area contributed by atoms with Crippen molar-refractivity contribution in [3.05, 3.63) is 11.3 Å². The van der Waals surface area contributed by atoms with Gasteiger partial charge in [0, 0.05) is 0 Å². The number of hydrogen-bond acceptors (Lipinski definition) is 2. The first-order valence-corrected chi connectivity index (χ1v) is 5.82. The van der Waals surface area contributed by atoms with Crippen LogP contribution in [-0.4, -0.2) is 15.6 Å². The Kier molecular flexibility index (Phi) is 3.25. The molecule has 14 heavy (non-hydrogen) atoms. The smallest absolute Gasteiger partial charge is 0.127 e. The van der Waals surface area contributed by atoms with Crippen molar-refractivity contribution in [2.24, 2.45) is 5.41 Å². The third-order valence-corrected chi connectivity index (χ3v) is 2.76. The van der Waals surface area contributed by atoms with E-state index in [4.69, 9.17) is 16.4 Å². The normalized spacial score (nSPS) is 24.8. The Bertz CT molecular complexity index is 252. The number of hydrogen-bond donors (Lipinski definition) is 0. The maximum atomic E-state index is 6.14. The van der Waals surface area contributed by atoms with Gasteiger partial charge < -0.3 is 4.84 Å². The van der Waals surface area contributed by atoms with Gasteiger partial charge in [-0.2, -0.15) is 0 Å². The summed E-state index contributed by atoms with van der Waals surface area (Å²) in [6.07, 6.45) is 1.61. The maximum Gasteiger partial charge on any atom is 0.127 e. The Morgan fingerprint density at radius 2 is 1.86 bits per heavy atom. The molecule has 0 amide bonds. The summed E-state index contributed by atoms with van der Waals surface area (Å²) in [7, 11) is 0. The third-order valence-electron chi connectivity index (χ3n) is 2.12. The Labute approximate surface area is 99.3 Å². The van der Waals surface area contributed by atoms with Crippen LogP contribution in [0.25, 0.3) is 0 Å². The van der Waals surface area contributed by atoms with Crippen molar-refractivity contribution in [1.82, 2.24) is 5.06 Å². The van der Waals surface area contributed by atoms with Crippen molar-refractivity contribution < 1.29 is 4.84 Å². The van der Waals surface area contributed by atoms with E-state index in [0.717, 1.165) is 5.03 Å². The highest BCUT2D eigenvalue weighted by Crippen LogP contribution is 2.41. The van der Waals surface area contributed by atoms with Gasteiger partial charge in [0.25, 0.3) is 0 Å². The monoisotopic (exact) mass is 281 g/mol. The molecular weight excluding hydrogens is 265 g/mol. The van der Waals surface area contributed by atoms with Crippen LogP contribution in [0.15, 0.2) is 11.3 Å². The molecule has 0 bridgehead atoms. The number of hydroxylamine groups is 2. The van der Waals surface area contributed by atoms with Crippen molar-refractivity contribution in [3.8, 4) is 0 Å². The van der Waals surface area contributed by atoms with E-state index in [1.165, 1.54) is 0 Å². The van der Waals surface area contributed by atoms with Crippen LogP contribution in [0.4, 0.5) is 0 Å². The van der Waals surface area contributed by atoms with Gasteiger partial charge in [0.1, 0.15) is 10.7 Å². The Morgan fingerprint density at radius 1 is 1.36 bits per heavy atom. The summed E-state index contributed by atoms with van der Waals surface area (Å²) in [6, 6.07) is 0.0959. The molecule has 0 aromatic rings. The first-order valence-electron chi connectivity index (χ1n) is 4.64. The SMILES string of the molecule is CC(C)(C)C1C(Cl)=CON1C(C)(C)Br. The summed E-state index contributed by atoms with van der Waals surface area (Å²) < 4.78 is -0.224. The third kappa shape index (κ3) is 2.44. The standard InChI is InChI=1S/C10H17BrClNO/c1-9(2,3)8-7(12)6-14-13(8)10(4,5)11/h6,8H,1-5H3. The molecule has 0 aromatic heterocycles. The van der Waals surface area contributed by atoms with Crippen LogP contribution < -0.4 is 0 Å². The fourth-order valence-corrected chi connectivity index (χ4v) is 2.29. The molecule has 0 saturated heterocycles. The van der Waals surface area contributed by atoms with Crippen LogP contribution in [-0.2, 0) is 4.84 Å². The molecule has 0 saturated carbocycles. The van der Waals surface area contributed by atoms with E-state index in [0.29, 0.717) is 0 Å². The van der Waals surface area contributed by atoms with Crippen LogP contribution in [0, 0.1) is 5.41 Å². The molecule has 1 unspecified atom stereocenters. The van der Waals surface area contributed by atoms with Crippen LogP contribution >= 0.6 is 27.5 Å². The van der Waals surface area contributed by atoms with Gasteiger partial charge in [0.15, 0.2) is 0 Å². The molecule has 4 heteroatoms. The summed E-state index contributed by atoms with van der Waals surface area (Å²) in [6.45, 7) is 10.5. The molecule has 0 radical (unpaired) electrons. The average Bonchev–Trinajstić information content (AvgIpc) is 2.27. The van der Waals surface area contributed by atoms with Gasteiger partial charge in [-0.15, -0.1) is 5.06 Å². The number of alkyl halides is 1. The second-order valence-corrected chi connectivity index (χ2v) is 7.49. The van der Waals surface area contributed by atoms with E-state index in [2.05, 4.69) is 36.7 Å². The van der Waals surface area contributed by atoms with E-state index >= 15 is 0 Å². The Morgan fingerprint density at radius 3 is 2.14 bits per heavy atom. The van der Waals surface area contributed by atoms with Gasteiger partial charge in [-0.05, 0) is 19.3 Å². The second kappa shape index (κ2) is 3.69. The quantitative estimate of drug-likeness (QED) is 0.535. The van der Waals surface area contributed by atoms with Gasteiger partial charge >= 0.3 is 0 Å². The second-order valence-electron chi connectivity index (χ2n) is 5.11. The highest BCUT2D eigenvalue weighted by Gasteiger charge is 2.44. The van der Waals surface area contributed by atoms with E-state index in [1.54, 1.807) is 6.26 Å². The maximum absolute atomic E-state index is 6.14. The van der Waals surface area contributed by atoms with Crippen LogP contribution in [0.3, 0.4) is 0 Å². The molecule has 1 aliphatic heterocycles. The predicted octanol–water partition coefficient (Wildman–Crippen LogP) is 3.86. The Balaban J connectivity index is 2.94. The van der Waals surface area contributed by atoms with Crippen LogP contribution in [0.2, 0.25) is 0 Å². The van der Waals surface area contributed by atoms with E-state index in [1.807, 2.05) is 18.9 Å². The summed E-state index contributed by atoms with van der Waals surface area (Å²) >= 11 is 9.71. The van der Waals surface area contributed by atoms with E-state index < -0.39 is 0 Å². The van der Waals surface area contributed by atoms with Gasteiger partial charge in [-0.3, -0.25) is 0 Å². The highest BCUT2D eigenvalue weighted by molar-refractivity contribution is 9.10. The minimum absolute atomic E-state index is 0.0507. The molecule has 1 aliphatic rings. The first kappa shape index (κ1) is 12.3. The van der Waals surface area contributed by atoms with E-state index in [-0.39, 0.29) is 15.9 Å². The molecule has 1 atom stereocenters. The summed E-state index contributed by atoms with van der Waals surface area (Å²) in [5.41, 5.74) is 0.0507. The fraction of sp³-hybridized carbons (Fsp3) is 0.800. The molecule has 0 fully saturated rings. The summed E-state index contributed by atoms with van der Waals surface area (Å²) in [5, 5.41) is 2.64. The lowest BCUT2D eigenvalue weighted by Crippen LogP contribution is -2.48. The lowest BCUT2D eigenvalue weighted by molar-refractivity contribution is -0.158. The topological polar surface area (TPSA) is 12.5 Å². The van der Waals surface area contributed by atoms with Crippen molar-refractivity contribution in [2.75, 3.05) is 0 Å². The molecule has 0 N–H and O–H groups in total. The molecule has 0 aromatic carbocycles. The number of rotatable bonds is 1. The summed E-state index contributed by atoms with van der Waals surface area (Å²) in [4.78, 5) is 5.46. The van der Waals surface area contributed by atoms with Gasteiger partial charge in [0.2, 0.25) is 0 Å². The van der Waals surface area contributed by atoms with Crippen molar-refractivity contribution in [2.45, 2.75) is 45.1 Å².